The summed E-state index contributed by atoms with van der Waals surface area (Å²) in [7, 11) is 5.42. The summed E-state index contributed by atoms with van der Waals surface area (Å²) in [6.07, 6.45) is 0. The van der Waals surface area contributed by atoms with Gasteiger partial charge in [-0.1, -0.05) is 22.7 Å². The van der Waals surface area contributed by atoms with Gasteiger partial charge in [0.25, 0.3) is 0 Å². The molecule has 99 valence electrons. The second-order valence-electron chi connectivity index (χ2n) is 4.45. The van der Waals surface area contributed by atoms with Crippen LogP contribution in [0.4, 0.5) is 0 Å². The Labute approximate surface area is 118 Å². The Morgan fingerprint density at radius 3 is 1.65 bits per heavy atom. The monoisotopic (exact) mass is 284 g/mol. The first kappa shape index (κ1) is 11.9. The molecule has 2 aromatic carbocycles. The van der Waals surface area contributed by atoms with E-state index in [0.717, 1.165) is 33.6 Å². The highest BCUT2D eigenvalue weighted by Crippen LogP contribution is 2.38. The summed E-state index contributed by atoms with van der Waals surface area (Å²) in [5.74, 6) is 3.04. The van der Waals surface area contributed by atoms with Crippen LogP contribution in [0.2, 0.25) is 0 Å². The first-order valence-corrected chi connectivity index (χ1v) is 7.56. The van der Waals surface area contributed by atoms with Crippen molar-refractivity contribution in [1.29, 1.82) is 0 Å². The number of hydrogen-bond donors (Lipinski definition) is 0. The second kappa shape index (κ2) is 4.60. The summed E-state index contributed by atoms with van der Waals surface area (Å²) in [6, 6.07) is 11.6. The molecular weight excluding hydrogens is 274 g/mol. The summed E-state index contributed by atoms with van der Waals surface area (Å²) in [5, 5.41) is 2.06. The Morgan fingerprint density at radius 1 is 0.700 bits per heavy atom. The number of ether oxygens (including phenoxy) is 4. The van der Waals surface area contributed by atoms with Crippen LogP contribution in [0.5, 0.6) is 23.0 Å². The van der Waals surface area contributed by atoms with Gasteiger partial charge in [-0.2, -0.15) is 0 Å². The SMILES string of the molecule is [B-]P(c1ccc2c(c1)OCO2)c1ccc2c(c1)OCO2. The quantitative estimate of drug-likeness (QED) is 0.621. The third-order valence-corrected chi connectivity index (χ3v) is 4.94. The van der Waals surface area contributed by atoms with E-state index in [9.17, 15) is 0 Å². The van der Waals surface area contributed by atoms with E-state index in [4.69, 9.17) is 26.5 Å². The molecule has 0 saturated carbocycles. The Morgan fingerprint density at radius 2 is 1.15 bits per heavy atom. The van der Waals surface area contributed by atoms with E-state index in [0.29, 0.717) is 0 Å². The predicted molar refractivity (Wildman–Crippen MR) is 77.1 cm³/mol. The average Bonchev–Trinajstić information content (AvgIpc) is 3.13. The Kier molecular flexibility index (Phi) is 2.74. The minimum atomic E-state index is -0.955. The fourth-order valence-electron chi connectivity index (χ4n) is 2.22. The Bertz CT molecular complexity index is 619. The highest BCUT2D eigenvalue weighted by Gasteiger charge is 2.15. The van der Waals surface area contributed by atoms with Gasteiger partial charge in [-0.05, 0) is 24.3 Å². The van der Waals surface area contributed by atoms with Gasteiger partial charge in [0.1, 0.15) is 0 Å². The highest BCUT2D eigenvalue weighted by molar-refractivity contribution is 7.94. The van der Waals surface area contributed by atoms with Gasteiger partial charge < -0.3 is 34.3 Å². The largest absolute Gasteiger partial charge is 0.567 e. The van der Waals surface area contributed by atoms with Gasteiger partial charge in [0, 0.05) is 0 Å². The van der Waals surface area contributed by atoms with Crippen molar-refractivity contribution in [1.82, 2.24) is 0 Å². The smallest absolute Gasteiger partial charge is 0.231 e. The molecular formula is C14H10BO4P-. The lowest BCUT2D eigenvalue weighted by molar-refractivity contribution is 0.173. The van der Waals surface area contributed by atoms with Crippen molar-refractivity contribution in [2.45, 2.75) is 0 Å². The van der Waals surface area contributed by atoms with Crippen molar-refractivity contribution in [3.05, 3.63) is 36.4 Å². The number of fused-ring (bicyclic) bond motifs is 2. The van der Waals surface area contributed by atoms with Crippen LogP contribution in [0.15, 0.2) is 36.4 Å². The average molecular weight is 284 g/mol. The Hall–Kier alpha value is -1.87. The van der Waals surface area contributed by atoms with Crippen LogP contribution in [-0.2, 0) is 0 Å². The normalized spacial score (nSPS) is 14.9. The summed E-state index contributed by atoms with van der Waals surface area (Å²) in [4.78, 5) is 0. The van der Waals surface area contributed by atoms with E-state index in [2.05, 4.69) is 0 Å². The minimum Gasteiger partial charge on any atom is -0.567 e. The van der Waals surface area contributed by atoms with E-state index in [1.807, 2.05) is 36.4 Å². The lowest BCUT2D eigenvalue weighted by atomic mass is 10.3. The lowest BCUT2D eigenvalue weighted by Crippen LogP contribution is -2.11. The minimum absolute atomic E-state index is 0.269. The first-order chi connectivity index (χ1) is 9.81. The predicted octanol–water partition coefficient (Wildman–Crippen LogP) is 1.66. The third kappa shape index (κ3) is 1.90. The number of rotatable bonds is 2. The van der Waals surface area contributed by atoms with Crippen LogP contribution < -0.4 is 29.6 Å². The molecule has 0 N–H and O–H groups in total. The summed E-state index contributed by atoms with van der Waals surface area (Å²) in [6.45, 7) is 0.538. The molecule has 20 heavy (non-hydrogen) atoms. The summed E-state index contributed by atoms with van der Waals surface area (Å²) >= 11 is 0. The highest BCUT2D eigenvalue weighted by atomic mass is 31.1. The summed E-state index contributed by atoms with van der Waals surface area (Å²) in [5.41, 5.74) is 0. The van der Waals surface area contributed by atoms with Crippen molar-refractivity contribution in [2.24, 2.45) is 0 Å². The molecule has 2 heterocycles. The second-order valence-corrected chi connectivity index (χ2v) is 6.22. The van der Waals surface area contributed by atoms with Crippen LogP contribution in [-0.4, -0.2) is 21.2 Å². The number of benzene rings is 2. The fourth-order valence-corrected chi connectivity index (χ4v) is 3.50. The molecule has 0 bridgehead atoms. The van der Waals surface area contributed by atoms with Crippen LogP contribution in [0.3, 0.4) is 0 Å². The van der Waals surface area contributed by atoms with Gasteiger partial charge in [-0.15, -0.1) is 0 Å². The molecule has 0 saturated heterocycles. The maximum atomic E-state index is 6.38. The standard InChI is InChI=1S/C14H10BO4P/c15-20(9-1-3-11-13(5-9)18-7-16-11)10-2-4-12-14(6-10)19-8-17-12/h1-6H,7-8H2/q-1. The molecule has 0 spiro atoms. The maximum Gasteiger partial charge on any atom is 0.231 e. The number of hydrogen-bond acceptors (Lipinski definition) is 4. The zero-order valence-corrected chi connectivity index (χ0v) is 11.4. The van der Waals surface area contributed by atoms with Crippen LogP contribution in [0.1, 0.15) is 0 Å². The maximum absolute atomic E-state index is 6.38. The van der Waals surface area contributed by atoms with Crippen LogP contribution in [0.25, 0.3) is 0 Å². The van der Waals surface area contributed by atoms with Gasteiger partial charge in [0.05, 0.1) is 0 Å². The topological polar surface area (TPSA) is 36.9 Å². The molecule has 0 fully saturated rings. The molecule has 4 rings (SSSR count). The molecule has 4 nitrogen and oxygen atoms in total. The van der Waals surface area contributed by atoms with Gasteiger partial charge in [-0.3, -0.25) is 0 Å². The molecule has 0 amide bonds. The molecule has 2 aromatic rings. The van der Waals surface area contributed by atoms with E-state index >= 15 is 0 Å². The van der Waals surface area contributed by atoms with Gasteiger partial charge >= 0.3 is 0 Å². The summed E-state index contributed by atoms with van der Waals surface area (Å²) < 4.78 is 21.4. The Balaban J connectivity index is 1.68. The molecule has 6 heteroatoms. The molecule has 3 radical (unpaired) electrons. The van der Waals surface area contributed by atoms with Crippen molar-refractivity contribution in [3.8, 4) is 23.0 Å². The van der Waals surface area contributed by atoms with Gasteiger partial charge in [0.15, 0.2) is 23.0 Å². The molecule has 0 aliphatic carbocycles. The van der Waals surface area contributed by atoms with Crippen molar-refractivity contribution >= 4 is 26.0 Å². The van der Waals surface area contributed by atoms with Gasteiger partial charge in [0.2, 0.25) is 13.6 Å². The molecule has 2 aliphatic rings. The fraction of sp³-hybridized carbons (Fsp3) is 0.143. The zero-order chi connectivity index (χ0) is 13.5. The molecule has 0 unspecified atom stereocenters. The van der Waals surface area contributed by atoms with Crippen molar-refractivity contribution in [3.63, 3.8) is 0 Å². The van der Waals surface area contributed by atoms with Crippen LogP contribution in [0, 0.1) is 0 Å². The van der Waals surface area contributed by atoms with E-state index in [-0.39, 0.29) is 13.6 Å². The van der Waals surface area contributed by atoms with Crippen LogP contribution >= 0.6 is 7.80 Å². The third-order valence-electron chi connectivity index (χ3n) is 3.27. The first-order valence-electron chi connectivity index (χ1n) is 6.15. The van der Waals surface area contributed by atoms with E-state index in [1.165, 1.54) is 0 Å². The van der Waals surface area contributed by atoms with Gasteiger partial charge in [-0.25, -0.2) is 0 Å². The molecule has 2 aliphatic heterocycles. The van der Waals surface area contributed by atoms with Crippen molar-refractivity contribution < 1.29 is 18.9 Å². The van der Waals surface area contributed by atoms with Crippen molar-refractivity contribution in [2.75, 3.05) is 13.6 Å². The molecule has 0 atom stereocenters. The van der Waals surface area contributed by atoms with E-state index < -0.39 is 7.80 Å². The zero-order valence-electron chi connectivity index (χ0n) is 10.5. The molecule has 0 aromatic heterocycles. The van der Waals surface area contributed by atoms with E-state index in [1.54, 1.807) is 0 Å². The lowest BCUT2D eigenvalue weighted by Gasteiger charge is -2.28.